The van der Waals surface area contributed by atoms with Crippen LogP contribution >= 0.6 is 0 Å². The molecule has 2 aromatic rings. The molecular formula is C23H31FN3O3+. The minimum Gasteiger partial charge on any atom is -0.466 e. The quantitative estimate of drug-likeness (QED) is 0.749. The smallest absolute Gasteiger partial charge is 0.257 e. The van der Waals surface area contributed by atoms with Gasteiger partial charge in [0.05, 0.1) is 38.3 Å². The summed E-state index contributed by atoms with van der Waals surface area (Å²) in [6, 6.07) is 7.82. The van der Waals surface area contributed by atoms with Gasteiger partial charge in [-0.15, -0.1) is 0 Å². The number of piperazine rings is 1. The van der Waals surface area contributed by atoms with Gasteiger partial charge in [-0.2, -0.15) is 0 Å². The Morgan fingerprint density at radius 1 is 1.17 bits per heavy atom. The van der Waals surface area contributed by atoms with E-state index in [1.807, 2.05) is 4.90 Å². The van der Waals surface area contributed by atoms with Crippen molar-refractivity contribution in [3.63, 3.8) is 0 Å². The number of nitrogens with one attached hydrogen (secondary N) is 1. The number of hydrogen-bond acceptors (Lipinski definition) is 3. The van der Waals surface area contributed by atoms with Gasteiger partial charge < -0.3 is 19.1 Å². The number of halogens is 1. The highest BCUT2D eigenvalue weighted by atomic mass is 19.1. The van der Waals surface area contributed by atoms with Crippen molar-refractivity contribution in [1.29, 1.82) is 0 Å². The maximum absolute atomic E-state index is 13.3. The van der Waals surface area contributed by atoms with E-state index < -0.39 is 0 Å². The van der Waals surface area contributed by atoms with E-state index >= 15 is 0 Å². The Hall–Kier alpha value is -2.67. The van der Waals surface area contributed by atoms with E-state index in [2.05, 4.69) is 6.92 Å². The molecule has 6 nitrogen and oxygen atoms in total. The Balaban J connectivity index is 1.69. The van der Waals surface area contributed by atoms with Crippen molar-refractivity contribution in [1.82, 2.24) is 9.80 Å². The van der Waals surface area contributed by atoms with Crippen LogP contribution in [-0.2, 0) is 11.3 Å². The molecule has 0 aliphatic carbocycles. The first-order valence-electron chi connectivity index (χ1n) is 10.6. The van der Waals surface area contributed by atoms with Crippen molar-refractivity contribution in [3.8, 4) is 0 Å². The van der Waals surface area contributed by atoms with Gasteiger partial charge in [-0.1, -0.05) is 12.1 Å². The van der Waals surface area contributed by atoms with Crippen LogP contribution in [0, 0.1) is 19.7 Å². The molecule has 0 saturated carbocycles. The lowest BCUT2D eigenvalue weighted by atomic mass is 10.1. The molecule has 1 aromatic carbocycles. The molecule has 1 fully saturated rings. The van der Waals surface area contributed by atoms with Gasteiger partial charge in [-0.3, -0.25) is 9.59 Å². The highest BCUT2D eigenvalue weighted by Gasteiger charge is 2.25. The SMILES string of the molecule is CC[NH+]1CCN(C(=O)CCN(Cc2ccc(F)cc2)C(=O)c2cc(C)oc2C)CC1. The number of carbonyl (C=O) groups is 2. The lowest BCUT2D eigenvalue weighted by molar-refractivity contribution is -0.902. The minimum atomic E-state index is -0.318. The monoisotopic (exact) mass is 416 g/mol. The minimum absolute atomic E-state index is 0.0714. The van der Waals surface area contributed by atoms with Crippen LogP contribution in [0.1, 0.15) is 40.8 Å². The molecule has 7 heteroatoms. The summed E-state index contributed by atoms with van der Waals surface area (Å²) < 4.78 is 18.8. The van der Waals surface area contributed by atoms with E-state index in [-0.39, 0.29) is 24.1 Å². The van der Waals surface area contributed by atoms with Crippen LogP contribution in [-0.4, -0.2) is 60.9 Å². The molecule has 162 valence electrons. The van der Waals surface area contributed by atoms with E-state index in [1.54, 1.807) is 36.9 Å². The number of rotatable bonds is 7. The Morgan fingerprint density at radius 3 is 2.40 bits per heavy atom. The Kier molecular flexibility index (Phi) is 7.26. The highest BCUT2D eigenvalue weighted by molar-refractivity contribution is 5.95. The van der Waals surface area contributed by atoms with Crippen molar-refractivity contribution in [2.45, 2.75) is 33.7 Å². The zero-order valence-corrected chi connectivity index (χ0v) is 18.0. The van der Waals surface area contributed by atoms with Gasteiger partial charge in [0.1, 0.15) is 17.3 Å². The van der Waals surface area contributed by atoms with E-state index in [1.165, 1.54) is 17.0 Å². The molecule has 1 saturated heterocycles. The summed E-state index contributed by atoms with van der Waals surface area (Å²) in [6.45, 7) is 10.9. The predicted octanol–water partition coefficient (Wildman–Crippen LogP) is 1.82. The van der Waals surface area contributed by atoms with Crippen molar-refractivity contribution >= 4 is 11.8 Å². The number of hydrogen-bond donors (Lipinski definition) is 1. The second-order valence-electron chi connectivity index (χ2n) is 7.91. The fourth-order valence-corrected chi connectivity index (χ4v) is 3.89. The fourth-order valence-electron chi connectivity index (χ4n) is 3.89. The van der Waals surface area contributed by atoms with Gasteiger partial charge in [0.2, 0.25) is 5.91 Å². The van der Waals surface area contributed by atoms with Crippen molar-refractivity contribution < 1.29 is 23.3 Å². The highest BCUT2D eigenvalue weighted by Crippen LogP contribution is 2.18. The molecule has 0 bridgehead atoms. The van der Waals surface area contributed by atoms with Crippen LogP contribution in [0.2, 0.25) is 0 Å². The van der Waals surface area contributed by atoms with Gasteiger partial charge in [0, 0.05) is 19.5 Å². The molecule has 0 spiro atoms. The number of carbonyl (C=O) groups excluding carboxylic acids is 2. The van der Waals surface area contributed by atoms with Crippen molar-refractivity contribution in [2.75, 3.05) is 39.3 Å². The van der Waals surface area contributed by atoms with Gasteiger partial charge in [0.15, 0.2) is 0 Å². The second-order valence-corrected chi connectivity index (χ2v) is 7.91. The molecule has 2 heterocycles. The zero-order valence-electron chi connectivity index (χ0n) is 18.0. The van der Waals surface area contributed by atoms with Crippen LogP contribution < -0.4 is 4.90 Å². The maximum Gasteiger partial charge on any atom is 0.257 e. The predicted molar refractivity (Wildman–Crippen MR) is 112 cm³/mol. The number of quaternary nitrogens is 1. The molecule has 1 aliphatic rings. The molecule has 0 atom stereocenters. The molecule has 3 rings (SSSR count). The molecule has 1 N–H and O–H groups in total. The number of nitrogens with zero attached hydrogens (tertiary/aromatic N) is 2. The molecule has 30 heavy (non-hydrogen) atoms. The lowest BCUT2D eigenvalue weighted by Gasteiger charge is -2.32. The third kappa shape index (κ3) is 5.48. The first-order valence-corrected chi connectivity index (χ1v) is 10.6. The third-order valence-corrected chi connectivity index (χ3v) is 5.76. The molecular weight excluding hydrogens is 385 g/mol. The summed E-state index contributed by atoms with van der Waals surface area (Å²) in [5, 5.41) is 0. The Morgan fingerprint density at radius 2 is 1.83 bits per heavy atom. The summed E-state index contributed by atoms with van der Waals surface area (Å²) >= 11 is 0. The molecule has 0 unspecified atom stereocenters. The van der Waals surface area contributed by atoms with Crippen LogP contribution in [0.4, 0.5) is 4.39 Å². The number of likely N-dealkylation sites (N-methyl/N-ethyl adjacent to an activating group) is 1. The fraction of sp³-hybridized carbons (Fsp3) is 0.478. The van der Waals surface area contributed by atoms with Crippen LogP contribution in [0.25, 0.3) is 0 Å². The second kappa shape index (κ2) is 9.89. The average molecular weight is 417 g/mol. The van der Waals surface area contributed by atoms with Gasteiger partial charge in [-0.25, -0.2) is 4.39 Å². The summed E-state index contributed by atoms with van der Waals surface area (Å²) in [6.07, 6.45) is 0.268. The largest absolute Gasteiger partial charge is 0.466 e. The lowest BCUT2D eigenvalue weighted by Crippen LogP contribution is -3.14. The number of aryl methyl sites for hydroxylation is 2. The van der Waals surface area contributed by atoms with E-state index in [0.29, 0.717) is 30.2 Å². The van der Waals surface area contributed by atoms with Crippen molar-refractivity contribution in [3.05, 3.63) is 58.8 Å². The Bertz CT molecular complexity index is 870. The summed E-state index contributed by atoms with van der Waals surface area (Å²) in [7, 11) is 0. The Labute approximate surface area is 177 Å². The van der Waals surface area contributed by atoms with Crippen LogP contribution in [0.3, 0.4) is 0 Å². The third-order valence-electron chi connectivity index (χ3n) is 5.76. The number of furan rings is 1. The number of amides is 2. The summed E-state index contributed by atoms with van der Waals surface area (Å²) in [5.41, 5.74) is 1.32. The summed E-state index contributed by atoms with van der Waals surface area (Å²) in [4.78, 5) is 31.0. The molecule has 0 radical (unpaired) electrons. The van der Waals surface area contributed by atoms with E-state index in [9.17, 15) is 14.0 Å². The molecule has 1 aromatic heterocycles. The molecule has 2 amide bonds. The van der Waals surface area contributed by atoms with Gasteiger partial charge in [-0.05, 0) is 44.5 Å². The number of benzene rings is 1. The normalized spacial score (nSPS) is 14.7. The van der Waals surface area contributed by atoms with Crippen LogP contribution in [0.15, 0.2) is 34.7 Å². The average Bonchev–Trinajstić information content (AvgIpc) is 3.09. The zero-order chi connectivity index (χ0) is 21.7. The van der Waals surface area contributed by atoms with Gasteiger partial charge in [0.25, 0.3) is 5.91 Å². The standard InChI is InChI=1S/C23H30FN3O3/c1-4-25-11-13-26(14-12-25)22(28)9-10-27(16-19-5-7-20(24)8-6-19)23(29)21-15-17(2)30-18(21)3/h5-8,15H,4,9-14,16H2,1-3H3/p+1. The summed E-state index contributed by atoms with van der Waals surface area (Å²) in [5.74, 6) is 0.807. The maximum atomic E-state index is 13.3. The van der Waals surface area contributed by atoms with Crippen molar-refractivity contribution in [2.24, 2.45) is 0 Å². The first kappa shape index (κ1) is 22.0. The first-order chi connectivity index (χ1) is 14.4. The molecule has 1 aliphatic heterocycles. The van der Waals surface area contributed by atoms with Crippen LogP contribution in [0.5, 0.6) is 0 Å². The van der Waals surface area contributed by atoms with E-state index in [4.69, 9.17) is 4.42 Å². The van der Waals surface area contributed by atoms with E-state index in [0.717, 1.165) is 38.3 Å². The topological polar surface area (TPSA) is 58.2 Å². The van der Waals surface area contributed by atoms with Gasteiger partial charge >= 0.3 is 0 Å².